The number of aromatic nitrogens is 2. The molecule has 0 bridgehead atoms. The highest BCUT2D eigenvalue weighted by atomic mass is 32.1. The van der Waals surface area contributed by atoms with Gasteiger partial charge in [0.15, 0.2) is 0 Å². The quantitative estimate of drug-likeness (QED) is 0.742. The normalized spacial score (nSPS) is 10.6. The van der Waals surface area contributed by atoms with Gasteiger partial charge in [0, 0.05) is 5.69 Å². The summed E-state index contributed by atoms with van der Waals surface area (Å²) in [4.78, 5) is 9.52. The predicted octanol–water partition coefficient (Wildman–Crippen LogP) is 3.74. The number of hydrogen-bond acceptors (Lipinski definition) is 4. The summed E-state index contributed by atoms with van der Waals surface area (Å²) in [7, 11) is 0. The molecule has 0 fully saturated rings. The van der Waals surface area contributed by atoms with Gasteiger partial charge in [0.1, 0.15) is 17.0 Å². The van der Waals surface area contributed by atoms with Crippen LogP contribution in [0.15, 0.2) is 42.0 Å². The maximum Gasteiger partial charge on any atom is 0.142 e. The van der Waals surface area contributed by atoms with Crippen LogP contribution in [0.1, 0.15) is 5.56 Å². The lowest BCUT2D eigenvalue weighted by atomic mass is 10.2. The Morgan fingerprint density at radius 2 is 1.88 bits per heavy atom. The molecule has 3 aromatic rings. The van der Waals surface area contributed by atoms with Crippen molar-refractivity contribution >= 4 is 33.1 Å². The SMILES string of the molecule is Cc1ccc(Nc2ncnc3sccc23)cc1. The Kier molecular flexibility index (Phi) is 2.49. The Balaban J connectivity index is 1.99. The molecule has 2 heterocycles. The van der Waals surface area contributed by atoms with Crippen molar-refractivity contribution in [3.05, 3.63) is 47.6 Å². The first-order chi connectivity index (χ1) is 8.33. The monoisotopic (exact) mass is 241 g/mol. The summed E-state index contributed by atoms with van der Waals surface area (Å²) in [5.41, 5.74) is 2.29. The number of benzene rings is 1. The Bertz CT molecular complexity index is 643. The lowest BCUT2D eigenvalue weighted by Gasteiger charge is -2.06. The molecule has 0 radical (unpaired) electrons. The van der Waals surface area contributed by atoms with Gasteiger partial charge in [-0.3, -0.25) is 0 Å². The molecule has 0 unspecified atom stereocenters. The van der Waals surface area contributed by atoms with Gasteiger partial charge < -0.3 is 5.32 Å². The molecule has 0 aliphatic rings. The number of nitrogens with one attached hydrogen (secondary N) is 1. The van der Waals surface area contributed by atoms with E-state index in [1.807, 2.05) is 11.4 Å². The highest BCUT2D eigenvalue weighted by Gasteiger charge is 2.04. The summed E-state index contributed by atoms with van der Waals surface area (Å²) < 4.78 is 0. The third kappa shape index (κ3) is 1.99. The van der Waals surface area contributed by atoms with Crippen LogP contribution in [0.4, 0.5) is 11.5 Å². The minimum absolute atomic E-state index is 0.861. The molecule has 0 saturated heterocycles. The molecule has 0 aliphatic heterocycles. The van der Waals surface area contributed by atoms with Crippen molar-refractivity contribution < 1.29 is 0 Å². The van der Waals surface area contributed by atoms with Gasteiger partial charge in [-0.15, -0.1) is 11.3 Å². The highest BCUT2D eigenvalue weighted by Crippen LogP contribution is 2.26. The van der Waals surface area contributed by atoms with Gasteiger partial charge in [-0.1, -0.05) is 17.7 Å². The third-order valence-corrected chi connectivity index (χ3v) is 3.40. The van der Waals surface area contributed by atoms with Crippen LogP contribution < -0.4 is 5.32 Å². The van der Waals surface area contributed by atoms with E-state index in [9.17, 15) is 0 Å². The number of anilines is 2. The fraction of sp³-hybridized carbons (Fsp3) is 0.0769. The standard InChI is InChI=1S/C13H11N3S/c1-9-2-4-10(5-3-9)16-12-11-6-7-17-13(11)15-8-14-12/h2-8H,1H3,(H,14,15,16). The van der Waals surface area contributed by atoms with Crippen molar-refractivity contribution in [1.29, 1.82) is 0 Å². The van der Waals surface area contributed by atoms with Gasteiger partial charge >= 0.3 is 0 Å². The van der Waals surface area contributed by atoms with E-state index in [1.54, 1.807) is 17.7 Å². The number of aryl methyl sites for hydroxylation is 1. The Morgan fingerprint density at radius 3 is 2.71 bits per heavy atom. The molecule has 3 rings (SSSR count). The Labute approximate surface area is 103 Å². The number of fused-ring (bicyclic) bond motifs is 1. The zero-order valence-corrected chi connectivity index (χ0v) is 10.2. The van der Waals surface area contributed by atoms with Crippen molar-refractivity contribution in [1.82, 2.24) is 9.97 Å². The molecule has 4 heteroatoms. The van der Waals surface area contributed by atoms with Crippen LogP contribution in [-0.2, 0) is 0 Å². The first-order valence-electron chi connectivity index (χ1n) is 5.35. The maximum absolute atomic E-state index is 4.28. The van der Waals surface area contributed by atoms with E-state index in [2.05, 4.69) is 46.5 Å². The fourth-order valence-electron chi connectivity index (χ4n) is 1.66. The zero-order valence-electron chi connectivity index (χ0n) is 9.34. The number of hydrogen-bond donors (Lipinski definition) is 1. The maximum atomic E-state index is 4.28. The van der Waals surface area contributed by atoms with Gasteiger partial charge in [0.25, 0.3) is 0 Å². The van der Waals surface area contributed by atoms with Crippen LogP contribution in [-0.4, -0.2) is 9.97 Å². The number of thiophene rings is 1. The summed E-state index contributed by atoms with van der Waals surface area (Å²) in [5, 5.41) is 6.41. The minimum atomic E-state index is 0.861. The summed E-state index contributed by atoms with van der Waals surface area (Å²) in [5.74, 6) is 0.861. The van der Waals surface area contributed by atoms with E-state index in [-0.39, 0.29) is 0 Å². The number of rotatable bonds is 2. The molecule has 3 nitrogen and oxygen atoms in total. The molecule has 2 aromatic heterocycles. The second kappa shape index (κ2) is 4.14. The predicted molar refractivity (Wildman–Crippen MR) is 71.9 cm³/mol. The minimum Gasteiger partial charge on any atom is -0.340 e. The third-order valence-electron chi connectivity index (χ3n) is 2.58. The van der Waals surface area contributed by atoms with Crippen molar-refractivity contribution in [2.45, 2.75) is 6.92 Å². The molecule has 17 heavy (non-hydrogen) atoms. The highest BCUT2D eigenvalue weighted by molar-refractivity contribution is 7.16. The average Bonchev–Trinajstić information content (AvgIpc) is 2.81. The molecule has 84 valence electrons. The first kappa shape index (κ1) is 10.2. The molecule has 0 aliphatic carbocycles. The Hall–Kier alpha value is -1.94. The topological polar surface area (TPSA) is 37.8 Å². The molecule has 0 spiro atoms. The van der Waals surface area contributed by atoms with E-state index in [0.717, 1.165) is 21.7 Å². The van der Waals surface area contributed by atoms with Crippen LogP contribution in [0, 0.1) is 6.92 Å². The van der Waals surface area contributed by atoms with Crippen molar-refractivity contribution in [2.24, 2.45) is 0 Å². The molecule has 1 N–H and O–H groups in total. The summed E-state index contributed by atoms with van der Waals surface area (Å²) >= 11 is 1.62. The lowest BCUT2D eigenvalue weighted by Crippen LogP contribution is -1.94. The van der Waals surface area contributed by atoms with Crippen LogP contribution in [0.3, 0.4) is 0 Å². The van der Waals surface area contributed by atoms with Crippen molar-refractivity contribution in [3.8, 4) is 0 Å². The van der Waals surface area contributed by atoms with Crippen LogP contribution >= 0.6 is 11.3 Å². The van der Waals surface area contributed by atoms with Crippen molar-refractivity contribution in [2.75, 3.05) is 5.32 Å². The second-order valence-electron chi connectivity index (χ2n) is 3.85. The van der Waals surface area contributed by atoms with Crippen LogP contribution in [0.25, 0.3) is 10.2 Å². The van der Waals surface area contributed by atoms with Gasteiger partial charge in [0.2, 0.25) is 0 Å². The molecular formula is C13H11N3S. The van der Waals surface area contributed by atoms with E-state index < -0.39 is 0 Å². The van der Waals surface area contributed by atoms with E-state index in [0.29, 0.717) is 0 Å². The van der Waals surface area contributed by atoms with E-state index >= 15 is 0 Å². The average molecular weight is 241 g/mol. The van der Waals surface area contributed by atoms with Crippen LogP contribution in [0.5, 0.6) is 0 Å². The lowest BCUT2D eigenvalue weighted by molar-refractivity contribution is 1.23. The van der Waals surface area contributed by atoms with E-state index in [1.165, 1.54) is 5.56 Å². The first-order valence-corrected chi connectivity index (χ1v) is 6.23. The summed E-state index contributed by atoms with van der Waals surface area (Å²) in [6.45, 7) is 2.07. The smallest absolute Gasteiger partial charge is 0.142 e. The van der Waals surface area contributed by atoms with Gasteiger partial charge in [-0.05, 0) is 30.5 Å². The van der Waals surface area contributed by atoms with Crippen molar-refractivity contribution in [3.63, 3.8) is 0 Å². The van der Waals surface area contributed by atoms with E-state index in [4.69, 9.17) is 0 Å². The van der Waals surface area contributed by atoms with Gasteiger partial charge in [-0.25, -0.2) is 9.97 Å². The molecule has 1 aromatic carbocycles. The molecule has 0 atom stereocenters. The summed E-state index contributed by atoms with van der Waals surface area (Å²) in [6, 6.07) is 10.3. The number of nitrogens with zero attached hydrogens (tertiary/aromatic N) is 2. The molecule has 0 amide bonds. The summed E-state index contributed by atoms with van der Waals surface area (Å²) in [6.07, 6.45) is 1.59. The zero-order chi connectivity index (χ0) is 11.7. The second-order valence-corrected chi connectivity index (χ2v) is 4.75. The largest absolute Gasteiger partial charge is 0.340 e. The molecule has 0 saturated carbocycles. The van der Waals surface area contributed by atoms with Crippen LogP contribution in [0.2, 0.25) is 0 Å². The van der Waals surface area contributed by atoms with Gasteiger partial charge in [-0.2, -0.15) is 0 Å². The molecular weight excluding hydrogens is 230 g/mol. The fourth-order valence-corrected chi connectivity index (χ4v) is 2.40. The van der Waals surface area contributed by atoms with Gasteiger partial charge in [0.05, 0.1) is 5.39 Å². The Morgan fingerprint density at radius 1 is 1.06 bits per heavy atom.